The molecule has 0 aliphatic heterocycles. The van der Waals surface area contributed by atoms with E-state index in [1.54, 1.807) is 0 Å². The summed E-state index contributed by atoms with van der Waals surface area (Å²) in [6.07, 6.45) is 4.82. The fraction of sp³-hybridized carbons (Fsp3) is 0.438. The van der Waals surface area contributed by atoms with E-state index in [0.717, 1.165) is 24.5 Å². The third-order valence-electron chi connectivity index (χ3n) is 3.55. The highest BCUT2D eigenvalue weighted by Crippen LogP contribution is 2.27. The molecule has 1 aromatic heterocycles. The van der Waals surface area contributed by atoms with E-state index in [2.05, 4.69) is 40.8 Å². The van der Waals surface area contributed by atoms with Gasteiger partial charge in [-0.15, -0.1) is 0 Å². The number of aromatic nitrogens is 2. The Morgan fingerprint density at radius 1 is 1.30 bits per heavy atom. The topological polar surface area (TPSA) is 39.1 Å². The van der Waals surface area contributed by atoms with Crippen LogP contribution in [0.5, 0.6) is 5.75 Å². The molecule has 0 spiro atoms. The first kappa shape index (κ1) is 14.6. The Hall–Kier alpha value is -1.81. The fourth-order valence-electron chi connectivity index (χ4n) is 2.39. The van der Waals surface area contributed by atoms with E-state index < -0.39 is 0 Å². The predicted octanol–water partition coefficient (Wildman–Crippen LogP) is 3.15. The molecule has 1 heterocycles. The third-order valence-corrected chi connectivity index (χ3v) is 3.55. The van der Waals surface area contributed by atoms with Crippen LogP contribution in [0.1, 0.15) is 37.7 Å². The van der Waals surface area contributed by atoms with E-state index in [1.807, 2.05) is 31.6 Å². The second-order valence-electron chi connectivity index (χ2n) is 4.71. The Morgan fingerprint density at radius 2 is 2.10 bits per heavy atom. The quantitative estimate of drug-likeness (QED) is 0.842. The molecule has 108 valence electrons. The van der Waals surface area contributed by atoms with Gasteiger partial charge in [0.1, 0.15) is 18.2 Å². The van der Waals surface area contributed by atoms with Gasteiger partial charge in [-0.25, -0.2) is 4.98 Å². The Kier molecular flexibility index (Phi) is 5.18. The van der Waals surface area contributed by atoms with Crippen molar-refractivity contribution in [2.45, 2.75) is 39.5 Å². The zero-order chi connectivity index (χ0) is 14.4. The summed E-state index contributed by atoms with van der Waals surface area (Å²) < 4.78 is 8.08. The normalized spacial score (nSPS) is 12.3. The van der Waals surface area contributed by atoms with Crippen molar-refractivity contribution in [2.75, 3.05) is 7.05 Å². The molecule has 1 atom stereocenters. The van der Waals surface area contributed by atoms with Crippen molar-refractivity contribution in [3.63, 3.8) is 0 Å². The van der Waals surface area contributed by atoms with Gasteiger partial charge < -0.3 is 14.6 Å². The molecule has 4 heteroatoms. The van der Waals surface area contributed by atoms with E-state index in [0.29, 0.717) is 12.6 Å². The molecule has 4 nitrogen and oxygen atoms in total. The molecule has 0 saturated carbocycles. The molecule has 20 heavy (non-hydrogen) atoms. The number of imidazole rings is 1. The number of ether oxygens (including phenoxy) is 1. The highest BCUT2D eigenvalue weighted by Gasteiger charge is 2.13. The highest BCUT2D eigenvalue weighted by atomic mass is 16.5. The number of hydrogen-bond donors (Lipinski definition) is 1. The van der Waals surface area contributed by atoms with Gasteiger partial charge >= 0.3 is 0 Å². The SMILES string of the molecule is CCC(NC)c1ccccc1OCc1nccn1CC. The molecule has 0 radical (unpaired) electrons. The van der Waals surface area contributed by atoms with Crippen LogP contribution in [0.4, 0.5) is 0 Å². The summed E-state index contributed by atoms with van der Waals surface area (Å²) in [5, 5.41) is 3.32. The second kappa shape index (κ2) is 7.10. The van der Waals surface area contributed by atoms with Crippen molar-refractivity contribution >= 4 is 0 Å². The van der Waals surface area contributed by atoms with Gasteiger partial charge in [0.2, 0.25) is 0 Å². The van der Waals surface area contributed by atoms with Crippen molar-refractivity contribution in [1.82, 2.24) is 14.9 Å². The van der Waals surface area contributed by atoms with Crippen LogP contribution in [0, 0.1) is 0 Å². The molecule has 2 rings (SSSR count). The van der Waals surface area contributed by atoms with Gasteiger partial charge in [0.05, 0.1) is 0 Å². The molecule has 0 aliphatic rings. The highest BCUT2D eigenvalue weighted by molar-refractivity contribution is 5.35. The van der Waals surface area contributed by atoms with Gasteiger partial charge in [-0.2, -0.15) is 0 Å². The van der Waals surface area contributed by atoms with Gasteiger partial charge in [0, 0.05) is 30.5 Å². The van der Waals surface area contributed by atoms with Crippen molar-refractivity contribution in [1.29, 1.82) is 0 Å². The first-order valence-electron chi connectivity index (χ1n) is 7.19. The Morgan fingerprint density at radius 3 is 2.80 bits per heavy atom. The smallest absolute Gasteiger partial charge is 0.146 e. The van der Waals surface area contributed by atoms with Crippen LogP contribution >= 0.6 is 0 Å². The summed E-state index contributed by atoms with van der Waals surface area (Å²) in [5.41, 5.74) is 1.20. The zero-order valence-corrected chi connectivity index (χ0v) is 12.5. The maximum atomic E-state index is 5.99. The van der Waals surface area contributed by atoms with Gasteiger partial charge in [-0.05, 0) is 26.5 Å². The zero-order valence-electron chi connectivity index (χ0n) is 12.5. The molecule has 0 saturated heterocycles. The average Bonchev–Trinajstić information content (AvgIpc) is 2.95. The fourth-order valence-corrected chi connectivity index (χ4v) is 2.39. The molecule has 0 aliphatic carbocycles. The van der Waals surface area contributed by atoms with Crippen molar-refractivity contribution < 1.29 is 4.74 Å². The summed E-state index contributed by atoms with van der Waals surface area (Å²) in [7, 11) is 1.98. The number of rotatable bonds is 7. The molecule has 2 aromatic rings. The lowest BCUT2D eigenvalue weighted by Crippen LogP contribution is -2.16. The van der Waals surface area contributed by atoms with E-state index in [9.17, 15) is 0 Å². The Bertz CT molecular complexity index is 532. The van der Waals surface area contributed by atoms with E-state index in [4.69, 9.17) is 4.74 Å². The maximum Gasteiger partial charge on any atom is 0.146 e. The largest absolute Gasteiger partial charge is 0.485 e. The molecular weight excluding hydrogens is 250 g/mol. The van der Waals surface area contributed by atoms with Crippen LogP contribution in [-0.4, -0.2) is 16.6 Å². The minimum absolute atomic E-state index is 0.317. The molecule has 1 N–H and O–H groups in total. The minimum atomic E-state index is 0.317. The summed E-state index contributed by atoms with van der Waals surface area (Å²) in [5.74, 6) is 1.89. The van der Waals surface area contributed by atoms with Crippen LogP contribution in [0.2, 0.25) is 0 Å². The lowest BCUT2D eigenvalue weighted by Gasteiger charge is -2.18. The summed E-state index contributed by atoms with van der Waals surface area (Å²) in [4.78, 5) is 4.34. The average molecular weight is 273 g/mol. The number of para-hydroxylation sites is 1. The summed E-state index contributed by atoms with van der Waals surface area (Å²) >= 11 is 0. The molecule has 0 amide bonds. The second-order valence-corrected chi connectivity index (χ2v) is 4.71. The van der Waals surface area contributed by atoms with Crippen LogP contribution in [0.3, 0.4) is 0 Å². The number of aryl methyl sites for hydroxylation is 1. The summed E-state index contributed by atoms with van der Waals surface area (Å²) in [6, 6.07) is 8.51. The van der Waals surface area contributed by atoms with Gasteiger partial charge in [0.25, 0.3) is 0 Å². The van der Waals surface area contributed by atoms with Crippen molar-refractivity contribution in [3.8, 4) is 5.75 Å². The minimum Gasteiger partial charge on any atom is -0.485 e. The van der Waals surface area contributed by atoms with Crippen molar-refractivity contribution in [2.24, 2.45) is 0 Å². The molecule has 1 unspecified atom stereocenters. The van der Waals surface area contributed by atoms with Gasteiger partial charge in [-0.3, -0.25) is 0 Å². The van der Waals surface area contributed by atoms with E-state index >= 15 is 0 Å². The lowest BCUT2D eigenvalue weighted by atomic mass is 10.0. The predicted molar refractivity (Wildman–Crippen MR) is 80.8 cm³/mol. The number of nitrogens with one attached hydrogen (secondary N) is 1. The number of nitrogens with zero attached hydrogens (tertiary/aromatic N) is 2. The standard InChI is InChI=1S/C16H23N3O/c1-4-14(17-3)13-8-6-7-9-15(13)20-12-16-18-10-11-19(16)5-2/h6-11,14,17H,4-5,12H2,1-3H3. The first-order valence-corrected chi connectivity index (χ1v) is 7.19. The number of benzene rings is 1. The summed E-state index contributed by atoms with van der Waals surface area (Å²) in [6.45, 7) is 5.68. The Balaban J connectivity index is 2.13. The third kappa shape index (κ3) is 3.20. The lowest BCUT2D eigenvalue weighted by molar-refractivity contribution is 0.283. The molecule has 0 bridgehead atoms. The number of hydrogen-bond acceptors (Lipinski definition) is 3. The van der Waals surface area contributed by atoms with Crippen LogP contribution in [0.15, 0.2) is 36.7 Å². The van der Waals surface area contributed by atoms with E-state index in [1.165, 1.54) is 5.56 Å². The maximum absolute atomic E-state index is 5.99. The van der Waals surface area contributed by atoms with Crippen LogP contribution < -0.4 is 10.1 Å². The van der Waals surface area contributed by atoms with E-state index in [-0.39, 0.29) is 0 Å². The van der Waals surface area contributed by atoms with Crippen LogP contribution in [-0.2, 0) is 13.2 Å². The van der Waals surface area contributed by atoms with Gasteiger partial charge in [0.15, 0.2) is 0 Å². The Labute approximate surface area is 120 Å². The van der Waals surface area contributed by atoms with Crippen LogP contribution in [0.25, 0.3) is 0 Å². The van der Waals surface area contributed by atoms with Crippen molar-refractivity contribution in [3.05, 3.63) is 48.0 Å². The molecular formula is C16H23N3O. The monoisotopic (exact) mass is 273 g/mol. The molecule has 0 fully saturated rings. The van der Waals surface area contributed by atoms with Gasteiger partial charge in [-0.1, -0.05) is 25.1 Å². The molecule has 1 aromatic carbocycles. The first-order chi connectivity index (χ1) is 9.80.